The van der Waals surface area contributed by atoms with Crippen LogP contribution in [-0.2, 0) is 20.5 Å². The van der Waals surface area contributed by atoms with E-state index in [9.17, 15) is 5.11 Å². The largest absolute Gasteiger partial charge is 0.380 e. The highest BCUT2D eigenvalue weighted by molar-refractivity contribution is 9.10. The summed E-state index contributed by atoms with van der Waals surface area (Å²) in [5.41, 5.74) is 2.47. The summed E-state index contributed by atoms with van der Waals surface area (Å²) in [5, 5.41) is 18.8. The molecule has 1 unspecified atom stereocenters. The summed E-state index contributed by atoms with van der Waals surface area (Å²) in [6.07, 6.45) is 1.80. The summed E-state index contributed by atoms with van der Waals surface area (Å²) >= 11 is 3.39. The van der Waals surface area contributed by atoms with Crippen LogP contribution in [-0.4, -0.2) is 24.7 Å². The average Bonchev–Trinajstić information content (AvgIpc) is 2.82. The van der Waals surface area contributed by atoms with Crippen LogP contribution in [0.3, 0.4) is 0 Å². The average molecular weight is 299 g/mol. The number of halogens is 1. The van der Waals surface area contributed by atoms with Crippen molar-refractivity contribution in [2.75, 3.05) is 0 Å². The SMILES string of the molecule is CCc1cc(C(O)c2c(Br)cnn2C)n(C)n1. The lowest BCUT2D eigenvalue weighted by Gasteiger charge is -2.12. The van der Waals surface area contributed by atoms with Gasteiger partial charge in [0.15, 0.2) is 0 Å². The summed E-state index contributed by atoms with van der Waals surface area (Å²) in [5.74, 6) is 0. The van der Waals surface area contributed by atoms with Gasteiger partial charge in [0.05, 0.1) is 27.8 Å². The smallest absolute Gasteiger partial charge is 0.138 e. The second-order valence-electron chi connectivity index (χ2n) is 3.94. The van der Waals surface area contributed by atoms with E-state index in [-0.39, 0.29) is 0 Å². The Balaban J connectivity index is 2.43. The summed E-state index contributed by atoms with van der Waals surface area (Å²) in [7, 11) is 3.64. The first-order valence-corrected chi connectivity index (χ1v) is 6.22. The van der Waals surface area contributed by atoms with Crippen LogP contribution >= 0.6 is 15.9 Å². The Morgan fingerprint density at radius 2 is 2.12 bits per heavy atom. The predicted molar refractivity (Wildman–Crippen MR) is 67.6 cm³/mol. The van der Waals surface area contributed by atoms with Crippen LogP contribution in [0.5, 0.6) is 0 Å². The van der Waals surface area contributed by atoms with Crippen molar-refractivity contribution < 1.29 is 5.11 Å². The van der Waals surface area contributed by atoms with Gasteiger partial charge in [0.1, 0.15) is 6.10 Å². The lowest BCUT2D eigenvalue weighted by molar-refractivity contribution is 0.199. The van der Waals surface area contributed by atoms with Crippen LogP contribution in [0, 0.1) is 0 Å². The van der Waals surface area contributed by atoms with Gasteiger partial charge in [-0.15, -0.1) is 0 Å². The fraction of sp³-hybridized carbons (Fsp3) is 0.455. The van der Waals surface area contributed by atoms with Gasteiger partial charge in [-0.1, -0.05) is 6.92 Å². The Morgan fingerprint density at radius 3 is 2.59 bits per heavy atom. The van der Waals surface area contributed by atoms with E-state index in [1.165, 1.54) is 0 Å². The number of rotatable bonds is 3. The van der Waals surface area contributed by atoms with Gasteiger partial charge in [-0.05, 0) is 28.4 Å². The van der Waals surface area contributed by atoms with Crippen molar-refractivity contribution in [1.29, 1.82) is 0 Å². The van der Waals surface area contributed by atoms with Crippen LogP contribution in [0.2, 0.25) is 0 Å². The first kappa shape index (κ1) is 12.3. The summed E-state index contributed by atoms with van der Waals surface area (Å²) in [4.78, 5) is 0. The summed E-state index contributed by atoms with van der Waals surface area (Å²) in [6, 6.07) is 1.92. The standard InChI is InChI=1S/C11H15BrN4O/c1-4-7-5-9(15(2)14-7)11(17)10-8(12)6-13-16(10)3/h5-6,11,17H,4H2,1-3H3. The first-order valence-electron chi connectivity index (χ1n) is 5.42. The topological polar surface area (TPSA) is 55.9 Å². The molecule has 0 saturated heterocycles. The molecule has 2 aromatic heterocycles. The minimum absolute atomic E-state index is 0.727. The number of nitrogens with zero attached hydrogens (tertiary/aromatic N) is 4. The van der Waals surface area contributed by atoms with Crippen LogP contribution in [0.1, 0.15) is 30.1 Å². The van der Waals surface area contributed by atoms with Crippen molar-refractivity contribution >= 4 is 15.9 Å². The number of aliphatic hydroxyl groups excluding tert-OH is 1. The van der Waals surface area contributed by atoms with E-state index in [1.54, 1.807) is 22.6 Å². The van der Waals surface area contributed by atoms with Crippen LogP contribution in [0.15, 0.2) is 16.7 Å². The fourth-order valence-electron chi connectivity index (χ4n) is 1.84. The van der Waals surface area contributed by atoms with Crippen LogP contribution in [0.25, 0.3) is 0 Å². The molecule has 0 bridgehead atoms. The molecule has 0 radical (unpaired) electrons. The zero-order valence-electron chi connectivity index (χ0n) is 10.1. The highest BCUT2D eigenvalue weighted by Gasteiger charge is 2.21. The summed E-state index contributed by atoms with van der Waals surface area (Å²) in [6.45, 7) is 2.04. The molecular weight excluding hydrogens is 284 g/mol. The third-order valence-corrected chi connectivity index (χ3v) is 3.42. The van der Waals surface area contributed by atoms with E-state index in [0.717, 1.165) is 28.0 Å². The second-order valence-corrected chi connectivity index (χ2v) is 4.80. The molecule has 2 aromatic rings. The van der Waals surface area contributed by atoms with Crippen molar-refractivity contribution in [3.63, 3.8) is 0 Å². The van der Waals surface area contributed by atoms with Gasteiger partial charge in [-0.2, -0.15) is 10.2 Å². The predicted octanol–water partition coefficient (Wildman–Crippen LogP) is 1.56. The molecule has 17 heavy (non-hydrogen) atoms. The Labute approximate surface area is 108 Å². The maximum atomic E-state index is 10.4. The van der Waals surface area contributed by atoms with Gasteiger partial charge in [0, 0.05) is 14.1 Å². The second kappa shape index (κ2) is 4.62. The van der Waals surface area contributed by atoms with E-state index in [1.807, 2.05) is 20.0 Å². The number of aryl methyl sites for hydroxylation is 3. The first-order chi connectivity index (χ1) is 8.04. The molecule has 0 saturated carbocycles. The monoisotopic (exact) mass is 298 g/mol. The van der Waals surface area contributed by atoms with Crippen molar-refractivity contribution in [2.45, 2.75) is 19.4 Å². The van der Waals surface area contributed by atoms with Gasteiger partial charge >= 0.3 is 0 Å². The van der Waals surface area contributed by atoms with Crippen molar-refractivity contribution in [2.24, 2.45) is 14.1 Å². The zero-order valence-corrected chi connectivity index (χ0v) is 11.6. The van der Waals surface area contributed by atoms with Crippen molar-refractivity contribution in [1.82, 2.24) is 19.6 Å². The van der Waals surface area contributed by atoms with E-state index in [2.05, 4.69) is 26.1 Å². The third kappa shape index (κ3) is 2.14. The van der Waals surface area contributed by atoms with Gasteiger partial charge in [-0.3, -0.25) is 9.36 Å². The van der Waals surface area contributed by atoms with Gasteiger partial charge in [0.2, 0.25) is 0 Å². The van der Waals surface area contributed by atoms with Gasteiger partial charge < -0.3 is 5.11 Å². The molecule has 0 aromatic carbocycles. The van der Waals surface area contributed by atoms with E-state index < -0.39 is 6.10 Å². The fourth-order valence-corrected chi connectivity index (χ4v) is 2.40. The highest BCUT2D eigenvalue weighted by atomic mass is 79.9. The molecule has 2 heterocycles. The van der Waals surface area contributed by atoms with Crippen molar-refractivity contribution in [3.8, 4) is 0 Å². The molecule has 5 nitrogen and oxygen atoms in total. The molecule has 0 aliphatic heterocycles. The Bertz CT molecular complexity index is 512. The molecule has 1 N–H and O–H groups in total. The zero-order chi connectivity index (χ0) is 12.6. The Morgan fingerprint density at radius 1 is 1.41 bits per heavy atom. The molecule has 0 aliphatic carbocycles. The molecule has 2 rings (SSSR count). The molecule has 0 amide bonds. The Kier molecular flexibility index (Phi) is 3.35. The molecule has 0 spiro atoms. The lowest BCUT2D eigenvalue weighted by atomic mass is 10.1. The van der Waals surface area contributed by atoms with Crippen molar-refractivity contribution in [3.05, 3.63) is 33.8 Å². The van der Waals surface area contributed by atoms with E-state index in [4.69, 9.17) is 0 Å². The molecule has 6 heteroatoms. The van der Waals surface area contributed by atoms with Crippen LogP contribution in [0.4, 0.5) is 0 Å². The minimum atomic E-state index is -0.727. The molecule has 0 fully saturated rings. The van der Waals surface area contributed by atoms with Crippen LogP contribution < -0.4 is 0 Å². The van der Waals surface area contributed by atoms with E-state index in [0.29, 0.717) is 0 Å². The third-order valence-electron chi connectivity index (χ3n) is 2.81. The van der Waals surface area contributed by atoms with Gasteiger partial charge in [-0.25, -0.2) is 0 Å². The molecule has 1 atom stereocenters. The number of hydrogen-bond acceptors (Lipinski definition) is 3. The lowest BCUT2D eigenvalue weighted by Crippen LogP contribution is -2.11. The molecule has 92 valence electrons. The normalized spacial score (nSPS) is 13.0. The number of aromatic nitrogens is 4. The highest BCUT2D eigenvalue weighted by Crippen LogP contribution is 2.28. The number of aliphatic hydroxyl groups is 1. The van der Waals surface area contributed by atoms with Gasteiger partial charge in [0.25, 0.3) is 0 Å². The summed E-state index contributed by atoms with van der Waals surface area (Å²) < 4.78 is 4.17. The minimum Gasteiger partial charge on any atom is -0.380 e. The molecule has 0 aliphatic rings. The Hall–Kier alpha value is -1.14. The quantitative estimate of drug-likeness (QED) is 0.936. The molecular formula is C11H15BrN4O. The maximum Gasteiger partial charge on any atom is 0.138 e. The number of hydrogen-bond donors (Lipinski definition) is 1. The van der Waals surface area contributed by atoms with E-state index >= 15 is 0 Å². The maximum absolute atomic E-state index is 10.4.